The lowest BCUT2D eigenvalue weighted by atomic mass is 10.2. The van der Waals surface area contributed by atoms with Crippen LogP contribution in [0.2, 0.25) is 5.02 Å². The highest BCUT2D eigenvalue weighted by Gasteiger charge is 2.28. The van der Waals surface area contributed by atoms with E-state index >= 15 is 0 Å². The number of para-hydroxylation sites is 2. The SMILES string of the molecule is C[C@@H](c1nc2ccccc2c(=O)[nH]1)[NH+]1CCN(c2ccccc2Cl)CC1. The molecule has 0 radical (unpaired) electrons. The molecule has 134 valence electrons. The lowest BCUT2D eigenvalue weighted by Gasteiger charge is -2.36. The van der Waals surface area contributed by atoms with E-state index in [1.54, 1.807) is 0 Å². The zero-order valence-corrected chi connectivity index (χ0v) is 15.5. The van der Waals surface area contributed by atoms with Crippen molar-refractivity contribution >= 4 is 28.2 Å². The van der Waals surface area contributed by atoms with Crippen LogP contribution in [-0.4, -0.2) is 36.1 Å². The number of fused-ring (bicyclic) bond motifs is 1. The van der Waals surface area contributed by atoms with E-state index in [0.29, 0.717) is 5.39 Å². The standard InChI is InChI=1S/C20H21ClN4O/c1-14(19-22-17-8-4-2-6-15(17)20(26)23-19)24-10-12-25(13-11-24)18-9-5-3-7-16(18)21/h2-9,14H,10-13H2,1H3,(H,22,23,26)/p+1/t14-/m0/s1. The number of halogens is 1. The van der Waals surface area contributed by atoms with Gasteiger partial charge in [0.15, 0.2) is 5.82 Å². The lowest BCUT2D eigenvalue weighted by molar-refractivity contribution is -0.930. The van der Waals surface area contributed by atoms with Gasteiger partial charge in [0.2, 0.25) is 0 Å². The second kappa shape index (κ2) is 7.09. The predicted molar refractivity (Wildman–Crippen MR) is 105 cm³/mol. The first-order chi connectivity index (χ1) is 12.6. The fourth-order valence-corrected chi connectivity index (χ4v) is 3.93. The Morgan fingerprint density at radius 1 is 1.12 bits per heavy atom. The third-order valence-corrected chi connectivity index (χ3v) is 5.57. The molecule has 1 atom stereocenters. The smallest absolute Gasteiger partial charge is 0.258 e. The number of nitrogens with zero attached hydrogens (tertiary/aromatic N) is 2. The van der Waals surface area contributed by atoms with Gasteiger partial charge in [-0.3, -0.25) is 4.79 Å². The molecular formula is C20H22ClN4O+. The van der Waals surface area contributed by atoms with Gasteiger partial charge in [-0.2, -0.15) is 0 Å². The number of hydrogen-bond acceptors (Lipinski definition) is 3. The van der Waals surface area contributed by atoms with E-state index < -0.39 is 0 Å². The average molecular weight is 370 g/mol. The van der Waals surface area contributed by atoms with Crippen LogP contribution in [0, 0.1) is 0 Å². The third kappa shape index (κ3) is 3.20. The van der Waals surface area contributed by atoms with Crippen LogP contribution in [0.25, 0.3) is 10.9 Å². The molecule has 3 aromatic rings. The van der Waals surface area contributed by atoms with E-state index in [-0.39, 0.29) is 11.6 Å². The molecule has 1 aliphatic rings. The first-order valence-electron chi connectivity index (χ1n) is 8.96. The molecule has 0 bridgehead atoms. The molecule has 0 saturated carbocycles. The van der Waals surface area contributed by atoms with Crippen LogP contribution in [-0.2, 0) is 0 Å². The predicted octanol–water partition coefficient (Wildman–Crippen LogP) is 2.04. The summed E-state index contributed by atoms with van der Waals surface area (Å²) < 4.78 is 0. The van der Waals surface area contributed by atoms with E-state index in [4.69, 9.17) is 16.6 Å². The average Bonchev–Trinajstić information content (AvgIpc) is 2.68. The summed E-state index contributed by atoms with van der Waals surface area (Å²) in [6.07, 6.45) is 0. The van der Waals surface area contributed by atoms with Crippen LogP contribution in [0.1, 0.15) is 18.8 Å². The van der Waals surface area contributed by atoms with Crippen LogP contribution in [0.15, 0.2) is 53.3 Å². The molecule has 5 nitrogen and oxygen atoms in total. The van der Waals surface area contributed by atoms with Gasteiger partial charge in [-0.1, -0.05) is 35.9 Å². The van der Waals surface area contributed by atoms with E-state index in [1.807, 2.05) is 42.5 Å². The summed E-state index contributed by atoms with van der Waals surface area (Å²) in [5, 5.41) is 1.44. The maximum Gasteiger partial charge on any atom is 0.258 e. The minimum Gasteiger partial charge on any atom is -0.359 e. The van der Waals surface area contributed by atoms with Crippen molar-refractivity contribution in [2.45, 2.75) is 13.0 Å². The maximum atomic E-state index is 12.3. The largest absolute Gasteiger partial charge is 0.359 e. The lowest BCUT2D eigenvalue weighted by Crippen LogP contribution is -3.14. The third-order valence-electron chi connectivity index (χ3n) is 5.25. The van der Waals surface area contributed by atoms with Crippen LogP contribution < -0.4 is 15.4 Å². The molecule has 1 aromatic heterocycles. The van der Waals surface area contributed by atoms with Gasteiger partial charge in [0.25, 0.3) is 5.56 Å². The number of quaternary nitrogens is 1. The van der Waals surface area contributed by atoms with Crippen LogP contribution in [0.4, 0.5) is 5.69 Å². The normalized spacial score (nSPS) is 16.8. The summed E-state index contributed by atoms with van der Waals surface area (Å²) in [6, 6.07) is 15.6. The Labute approximate surface area is 157 Å². The van der Waals surface area contributed by atoms with Gasteiger partial charge in [0.05, 0.1) is 47.8 Å². The molecule has 26 heavy (non-hydrogen) atoms. The monoisotopic (exact) mass is 369 g/mol. The van der Waals surface area contributed by atoms with Crippen molar-refractivity contribution in [1.29, 1.82) is 0 Å². The summed E-state index contributed by atoms with van der Waals surface area (Å²) in [7, 11) is 0. The number of anilines is 1. The molecule has 6 heteroatoms. The van der Waals surface area contributed by atoms with E-state index in [0.717, 1.165) is 48.2 Å². The highest BCUT2D eigenvalue weighted by Crippen LogP contribution is 2.25. The number of rotatable bonds is 3. The van der Waals surface area contributed by atoms with Crippen LogP contribution >= 0.6 is 11.6 Å². The summed E-state index contributed by atoms with van der Waals surface area (Å²) in [5.74, 6) is 0.759. The number of benzene rings is 2. The molecular weight excluding hydrogens is 348 g/mol. The highest BCUT2D eigenvalue weighted by atomic mass is 35.5. The molecule has 2 aromatic carbocycles. The highest BCUT2D eigenvalue weighted by molar-refractivity contribution is 6.33. The molecule has 0 unspecified atom stereocenters. The molecule has 1 saturated heterocycles. The van der Waals surface area contributed by atoms with Gasteiger partial charge >= 0.3 is 0 Å². The van der Waals surface area contributed by atoms with Crippen LogP contribution in [0.5, 0.6) is 0 Å². The van der Waals surface area contributed by atoms with Gasteiger partial charge < -0.3 is 14.8 Å². The minimum absolute atomic E-state index is 0.0634. The molecule has 0 amide bonds. The fraction of sp³-hybridized carbons (Fsp3) is 0.300. The molecule has 2 N–H and O–H groups in total. The van der Waals surface area contributed by atoms with Crippen molar-refractivity contribution in [2.75, 3.05) is 31.1 Å². The van der Waals surface area contributed by atoms with Crippen molar-refractivity contribution in [3.05, 3.63) is 69.7 Å². The van der Waals surface area contributed by atoms with Gasteiger partial charge in [0, 0.05) is 0 Å². The summed E-state index contributed by atoms with van der Waals surface area (Å²) in [4.78, 5) is 23.8. The summed E-state index contributed by atoms with van der Waals surface area (Å²) in [6.45, 7) is 5.95. The molecule has 1 fully saturated rings. The van der Waals surface area contributed by atoms with E-state index in [9.17, 15) is 4.79 Å². The second-order valence-electron chi connectivity index (χ2n) is 6.79. The van der Waals surface area contributed by atoms with Crippen molar-refractivity contribution in [3.63, 3.8) is 0 Å². The Kier molecular flexibility index (Phi) is 4.66. The van der Waals surface area contributed by atoms with Gasteiger partial charge in [0.1, 0.15) is 6.04 Å². The first-order valence-corrected chi connectivity index (χ1v) is 9.34. The maximum absolute atomic E-state index is 12.3. The zero-order valence-electron chi connectivity index (χ0n) is 14.7. The number of aromatic amines is 1. The quantitative estimate of drug-likeness (QED) is 0.743. The van der Waals surface area contributed by atoms with Crippen molar-refractivity contribution in [3.8, 4) is 0 Å². The number of piperazine rings is 1. The Hall–Kier alpha value is -2.37. The summed E-state index contributed by atoms with van der Waals surface area (Å²) >= 11 is 6.33. The van der Waals surface area contributed by atoms with Crippen LogP contribution in [0.3, 0.4) is 0 Å². The van der Waals surface area contributed by atoms with Crippen molar-refractivity contribution < 1.29 is 4.90 Å². The Balaban J connectivity index is 1.51. The molecule has 1 aliphatic heterocycles. The molecule has 2 heterocycles. The molecule has 0 aliphatic carbocycles. The van der Waals surface area contributed by atoms with Crippen molar-refractivity contribution in [2.24, 2.45) is 0 Å². The van der Waals surface area contributed by atoms with Gasteiger partial charge in [-0.25, -0.2) is 4.98 Å². The van der Waals surface area contributed by atoms with Gasteiger partial charge in [-0.05, 0) is 31.2 Å². The van der Waals surface area contributed by atoms with Crippen molar-refractivity contribution in [1.82, 2.24) is 9.97 Å². The Morgan fingerprint density at radius 2 is 1.81 bits per heavy atom. The number of hydrogen-bond donors (Lipinski definition) is 2. The minimum atomic E-state index is -0.0634. The Bertz CT molecular complexity index is 979. The number of H-pyrrole nitrogens is 1. The Morgan fingerprint density at radius 3 is 2.58 bits per heavy atom. The topological polar surface area (TPSA) is 53.4 Å². The number of nitrogens with one attached hydrogen (secondary N) is 2. The van der Waals surface area contributed by atoms with E-state index in [2.05, 4.69) is 22.9 Å². The number of aromatic nitrogens is 2. The molecule has 4 rings (SSSR count). The van der Waals surface area contributed by atoms with Gasteiger partial charge in [-0.15, -0.1) is 0 Å². The fourth-order valence-electron chi connectivity index (χ4n) is 3.68. The van der Waals surface area contributed by atoms with E-state index in [1.165, 1.54) is 4.90 Å². The summed E-state index contributed by atoms with van der Waals surface area (Å²) in [5.41, 5.74) is 1.79. The second-order valence-corrected chi connectivity index (χ2v) is 7.19. The first kappa shape index (κ1) is 17.1. The molecule has 0 spiro atoms. The zero-order chi connectivity index (χ0) is 18.1.